The number of para-hydroxylation sites is 1. The van der Waals surface area contributed by atoms with Crippen molar-refractivity contribution < 1.29 is 9.90 Å². The van der Waals surface area contributed by atoms with Crippen molar-refractivity contribution in [3.63, 3.8) is 0 Å². The van der Waals surface area contributed by atoms with Gasteiger partial charge in [-0.1, -0.05) is 31.4 Å². The highest BCUT2D eigenvalue weighted by Gasteiger charge is 2.39. The molecule has 0 saturated heterocycles. The van der Waals surface area contributed by atoms with Crippen molar-refractivity contribution in [2.24, 2.45) is 0 Å². The minimum absolute atomic E-state index is 0.698. The highest BCUT2D eigenvalue weighted by Crippen LogP contribution is 2.34. The van der Waals surface area contributed by atoms with Gasteiger partial charge in [0, 0.05) is 10.2 Å². The van der Waals surface area contributed by atoms with E-state index in [4.69, 9.17) is 0 Å². The monoisotopic (exact) mass is 297 g/mol. The van der Waals surface area contributed by atoms with Crippen LogP contribution in [0.2, 0.25) is 0 Å². The zero-order valence-electron chi connectivity index (χ0n) is 9.58. The Morgan fingerprint density at radius 3 is 2.47 bits per heavy atom. The number of benzene rings is 1. The van der Waals surface area contributed by atoms with E-state index in [1.54, 1.807) is 0 Å². The van der Waals surface area contributed by atoms with Gasteiger partial charge in [-0.2, -0.15) is 0 Å². The molecule has 4 heteroatoms. The van der Waals surface area contributed by atoms with Crippen molar-refractivity contribution >= 4 is 27.6 Å². The summed E-state index contributed by atoms with van der Waals surface area (Å²) in [5.74, 6) is -0.743. The first kappa shape index (κ1) is 12.4. The van der Waals surface area contributed by atoms with Gasteiger partial charge in [-0.15, -0.1) is 0 Å². The molecule has 0 radical (unpaired) electrons. The second-order valence-corrected chi connectivity index (χ2v) is 5.41. The molecule has 1 saturated carbocycles. The summed E-state index contributed by atoms with van der Waals surface area (Å²) < 4.78 is 0.909. The number of carbonyl (C=O) groups is 1. The number of aliphatic carboxylic acids is 1. The van der Waals surface area contributed by atoms with Crippen LogP contribution in [0.4, 0.5) is 5.69 Å². The molecule has 1 fully saturated rings. The van der Waals surface area contributed by atoms with E-state index in [1.807, 2.05) is 24.3 Å². The third-order valence-electron chi connectivity index (χ3n) is 3.36. The summed E-state index contributed by atoms with van der Waals surface area (Å²) in [7, 11) is 0. The molecule has 0 bridgehead atoms. The molecular formula is C13H16BrNO2. The van der Waals surface area contributed by atoms with Gasteiger partial charge in [0.05, 0.1) is 0 Å². The molecule has 0 aliphatic heterocycles. The first-order valence-corrected chi connectivity index (χ1v) is 6.69. The second kappa shape index (κ2) is 5.08. The third kappa shape index (κ3) is 2.63. The fourth-order valence-electron chi connectivity index (χ4n) is 2.37. The highest BCUT2D eigenvalue weighted by atomic mass is 79.9. The van der Waals surface area contributed by atoms with Gasteiger partial charge in [-0.3, -0.25) is 0 Å². The largest absolute Gasteiger partial charge is 0.480 e. The maximum absolute atomic E-state index is 11.5. The number of rotatable bonds is 3. The average Bonchev–Trinajstić information content (AvgIpc) is 2.33. The summed E-state index contributed by atoms with van der Waals surface area (Å²) in [4.78, 5) is 11.5. The maximum atomic E-state index is 11.5. The Labute approximate surface area is 109 Å². The van der Waals surface area contributed by atoms with E-state index in [9.17, 15) is 9.90 Å². The van der Waals surface area contributed by atoms with Gasteiger partial charge in [-0.05, 0) is 40.9 Å². The molecule has 1 aromatic rings. The molecule has 1 aliphatic rings. The number of anilines is 1. The molecule has 0 unspecified atom stereocenters. The van der Waals surface area contributed by atoms with Crippen LogP contribution in [0.3, 0.4) is 0 Å². The van der Waals surface area contributed by atoms with Gasteiger partial charge in [0.15, 0.2) is 0 Å². The van der Waals surface area contributed by atoms with Crippen molar-refractivity contribution in [2.75, 3.05) is 5.32 Å². The zero-order valence-corrected chi connectivity index (χ0v) is 11.2. The van der Waals surface area contributed by atoms with Gasteiger partial charge < -0.3 is 10.4 Å². The number of hydrogen-bond acceptors (Lipinski definition) is 2. The lowest BCUT2D eigenvalue weighted by atomic mass is 9.81. The highest BCUT2D eigenvalue weighted by molar-refractivity contribution is 9.10. The van der Waals surface area contributed by atoms with Crippen molar-refractivity contribution in [2.45, 2.75) is 37.6 Å². The molecular weight excluding hydrogens is 282 g/mol. The summed E-state index contributed by atoms with van der Waals surface area (Å²) in [6.45, 7) is 0. The number of nitrogens with one attached hydrogen (secondary N) is 1. The first-order valence-electron chi connectivity index (χ1n) is 5.90. The zero-order chi connectivity index (χ0) is 12.3. The minimum Gasteiger partial charge on any atom is -0.480 e. The van der Waals surface area contributed by atoms with E-state index in [0.29, 0.717) is 12.8 Å². The lowest BCUT2D eigenvalue weighted by molar-refractivity contribution is -0.143. The van der Waals surface area contributed by atoms with Gasteiger partial charge in [0.2, 0.25) is 0 Å². The Morgan fingerprint density at radius 1 is 1.24 bits per heavy atom. The smallest absolute Gasteiger partial charge is 0.329 e. The standard InChI is InChI=1S/C13H16BrNO2/c14-10-6-2-3-7-11(10)15-13(12(16)17)8-4-1-5-9-13/h2-3,6-7,15H,1,4-5,8-9H2,(H,16,17). The van der Waals surface area contributed by atoms with E-state index in [0.717, 1.165) is 29.4 Å². The number of hydrogen-bond donors (Lipinski definition) is 2. The molecule has 2 N–H and O–H groups in total. The third-order valence-corrected chi connectivity index (χ3v) is 4.06. The normalized spacial score (nSPS) is 18.6. The van der Waals surface area contributed by atoms with Crippen LogP contribution in [0.15, 0.2) is 28.7 Å². The summed E-state index contributed by atoms with van der Waals surface area (Å²) in [6.07, 6.45) is 4.48. The second-order valence-electron chi connectivity index (χ2n) is 4.55. The predicted octanol–water partition coefficient (Wildman–Crippen LogP) is 3.65. The van der Waals surface area contributed by atoms with Crippen LogP contribution < -0.4 is 5.32 Å². The molecule has 0 atom stereocenters. The lowest BCUT2D eigenvalue weighted by Crippen LogP contribution is -2.47. The van der Waals surface area contributed by atoms with E-state index in [1.165, 1.54) is 0 Å². The first-order chi connectivity index (χ1) is 8.14. The van der Waals surface area contributed by atoms with Crippen molar-refractivity contribution in [3.05, 3.63) is 28.7 Å². The minimum atomic E-state index is -0.790. The molecule has 1 aliphatic carbocycles. The average molecular weight is 298 g/mol. The quantitative estimate of drug-likeness (QED) is 0.895. The van der Waals surface area contributed by atoms with Gasteiger partial charge in [0.1, 0.15) is 5.54 Å². The maximum Gasteiger partial charge on any atom is 0.329 e. The Morgan fingerprint density at radius 2 is 1.88 bits per heavy atom. The Balaban J connectivity index is 2.24. The van der Waals surface area contributed by atoms with Crippen molar-refractivity contribution in [1.29, 1.82) is 0 Å². The van der Waals surface area contributed by atoms with Crippen LogP contribution in [0.1, 0.15) is 32.1 Å². The van der Waals surface area contributed by atoms with Crippen molar-refractivity contribution in [3.8, 4) is 0 Å². The molecule has 1 aromatic carbocycles. The summed E-state index contributed by atoms with van der Waals surface area (Å²) in [5.41, 5.74) is 0.0686. The fourth-order valence-corrected chi connectivity index (χ4v) is 2.75. The molecule has 17 heavy (non-hydrogen) atoms. The molecule has 0 amide bonds. The van der Waals surface area contributed by atoms with E-state index >= 15 is 0 Å². The predicted molar refractivity (Wildman–Crippen MR) is 71.2 cm³/mol. The van der Waals surface area contributed by atoms with Crippen LogP contribution in [0, 0.1) is 0 Å². The number of carboxylic acid groups (broad SMARTS) is 1. The summed E-state index contributed by atoms with van der Waals surface area (Å²) >= 11 is 3.44. The number of carboxylic acids is 1. The van der Waals surface area contributed by atoms with E-state index < -0.39 is 11.5 Å². The van der Waals surface area contributed by atoms with Crippen molar-refractivity contribution in [1.82, 2.24) is 0 Å². The summed E-state index contributed by atoms with van der Waals surface area (Å²) in [5, 5.41) is 12.7. The lowest BCUT2D eigenvalue weighted by Gasteiger charge is -2.35. The molecule has 0 spiro atoms. The van der Waals surface area contributed by atoms with E-state index in [-0.39, 0.29) is 0 Å². The number of halogens is 1. The van der Waals surface area contributed by atoms with Gasteiger partial charge >= 0.3 is 5.97 Å². The molecule has 0 heterocycles. The van der Waals surface area contributed by atoms with Crippen LogP contribution >= 0.6 is 15.9 Å². The molecule has 92 valence electrons. The Bertz CT molecular complexity index is 414. The Hall–Kier alpha value is -1.03. The Kier molecular flexibility index (Phi) is 3.72. The van der Waals surface area contributed by atoms with E-state index in [2.05, 4.69) is 21.2 Å². The van der Waals surface area contributed by atoms with Crippen LogP contribution in [-0.2, 0) is 4.79 Å². The molecule has 0 aromatic heterocycles. The molecule has 3 nitrogen and oxygen atoms in total. The molecule has 2 rings (SSSR count). The van der Waals surface area contributed by atoms with Gasteiger partial charge in [-0.25, -0.2) is 4.79 Å². The van der Waals surface area contributed by atoms with Crippen LogP contribution in [0.5, 0.6) is 0 Å². The van der Waals surface area contributed by atoms with Crippen LogP contribution in [-0.4, -0.2) is 16.6 Å². The topological polar surface area (TPSA) is 49.3 Å². The fraction of sp³-hybridized carbons (Fsp3) is 0.462. The summed E-state index contributed by atoms with van der Waals surface area (Å²) in [6, 6.07) is 7.65. The SMILES string of the molecule is O=C(O)C1(Nc2ccccc2Br)CCCCC1. The van der Waals surface area contributed by atoms with Crippen LogP contribution in [0.25, 0.3) is 0 Å². The van der Waals surface area contributed by atoms with Gasteiger partial charge in [0.25, 0.3) is 0 Å².